The van der Waals surface area contributed by atoms with Gasteiger partial charge in [0.25, 0.3) is 0 Å². The molecule has 1 saturated heterocycles. The van der Waals surface area contributed by atoms with Crippen molar-refractivity contribution < 1.29 is 10.2 Å². The van der Waals surface area contributed by atoms with Crippen molar-refractivity contribution in [3.63, 3.8) is 0 Å². The van der Waals surface area contributed by atoms with Crippen LogP contribution in [-0.4, -0.2) is 81.0 Å². The predicted octanol–water partition coefficient (Wildman–Crippen LogP) is -0.249. The molecular formula is C16H16B10O2. The molecule has 0 spiro atoms. The summed E-state index contributed by atoms with van der Waals surface area (Å²) in [7, 11) is 20.9. The van der Waals surface area contributed by atoms with Gasteiger partial charge in [-0.05, 0) is 48.2 Å². The first-order chi connectivity index (χ1) is 13.7. The van der Waals surface area contributed by atoms with Gasteiger partial charge in [0.05, 0.1) is 6.60 Å². The molecule has 28 heavy (non-hydrogen) atoms. The zero-order valence-electron chi connectivity index (χ0n) is 15.9. The number of hydrogen-bond acceptors (Lipinski definition) is 2. The molecule has 2 atom stereocenters. The minimum atomic E-state index is 0.305. The van der Waals surface area contributed by atoms with Crippen LogP contribution in [0.5, 0.6) is 11.5 Å². The molecule has 0 aliphatic carbocycles. The van der Waals surface area contributed by atoms with Gasteiger partial charge in [-0.1, -0.05) is 35.9 Å². The third kappa shape index (κ3) is 6.64. The third-order valence-electron chi connectivity index (χ3n) is 5.21. The van der Waals surface area contributed by atoms with E-state index in [4.69, 9.17) is 7.74 Å². The number of rotatable bonds is 12. The van der Waals surface area contributed by atoms with Gasteiger partial charge >= 0.3 is 0 Å². The summed E-state index contributed by atoms with van der Waals surface area (Å²) < 4.78 is 0. The van der Waals surface area contributed by atoms with E-state index in [1.165, 1.54) is 18.2 Å². The van der Waals surface area contributed by atoms with Crippen molar-refractivity contribution in [2.75, 3.05) is 0 Å². The summed E-state index contributed by atoms with van der Waals surface area (Å²) >= 11 is 0. The molecule has 2 N–H and O–H groups in total. The maximum absolute atomic E-state index is 9.49. The Morgan fingerprint density at radius 1 is 0.679 bits per heavy atom. The third-order valence-corrected chi connectivity index (χ3v) is 5.21. The van der Waals surface area contributed by atoms with E-state index in [2.05, 4.69) is 14.1 Å². The lowest BCUT2D eigenvalue weighted by atomic mass is 8.88. The Morgan fingerprint density at radius 3 is 1.57 bits per heavy atom. The molecule has 3 rings (SSSR count). The molecule has 0 bridgehead atoms. The smallest absolute Gasteiger partial charge is 0.115 e. The number of phenols is 2. The van der Waals surface area contributed by atoms with Crippen LogP contribution >= 0.6 is 0 Å². The van der Waals surface area contributed by atoms with E-state index in [-0.39, 0.29) is 0 Å². The molecule has 1 heterocycles. The van der Waals surface area contributed by atoms with Crippen molar-refractivity contribution >= 4 is 70.8 Å². The van der Waals surface area contributed by atoms with Gasteiger partial charge in [0.15, 0.2) is 0 Å². The van der Waals surface area contributed by atoms with Gasteiger partial charge in [-0.3, -0.25) is 0 Å². The molecule has 2 aromatic carbocycles. The van der Waals surface area contributed by atoms with E-state index in [1.54, 1.807) is 31.3 Å². The molecule has 12 heteroatoms. The van der Waals surface area contributed by atoms with E-state index in [9.17, 15) is 10.2 Å². The zero-order valence-corrected chi connectivity index (χ0v) is 15.9. The zero-order chi connectivity index (χ0) is 19.8. The largest absolute Gasteiger partial charge is 0.508 e. The molecular weight excluding hydrogens is 332 g/mol. The summed E-state index contributed by atoms with van der Waals surface area (Å²) in [6.45, 7) is 0.528. The molecule has 1 aliphatic heterocycles. The first kappa shape index (κ1) is 21.4. The summed E-state index contributed by atoms with van der Waals surface area (Å²) in [6, 6.07) is 15.0. The Morgan fingerprint density at radius 2 is 1.11 bits per heavy atom. The highest BCUT2D eigenvalue weighted by Gasteiger charge is 2.50. The molecule has 10 radical (unpaired) electrons. The lowest BCUT2D eigenvalue weighted by Gasteiger charge is -2.04. The first-order valence-electron chi connectivity index (χ1n) is 9.61. The molecule has 0 amide bonds. The van der Waals surface area contributed by atoms with Crippen LogP contribution in [0.3, 0.4) is 0 Å². The van der Waals surface area contributed by atoms with Crippen LogP contribution in [0.2, 0.25) is 11.6 Å². The van der Waals surface area contributed by atoms with E-state index in [0.29, 0.717) is 29.7 Å². The van der Waals surface area contributed by atoms with Crippen LogP contribution in [-0.2, 0) is 12.8 Å². The fourth-order valence-electron chi connectivity index (χ4n) is 3.66. The molecule has 0 aromatic heterocycles. The fourth-order valence-corrected chi connectivity index (χ4v) is 3.66. The van der Waals surface area contributed by atoms with E-state index < -0.39 is 0 Å². The highest BCUT2D eigenvalue weighted by molar-refractivity contribution is 7.69. The van der Waals surface area contributed by atoms with E-state index >= 15 is 0 Å². The first-order valence-corrected chi connectivity index (χ1v) is 9.61. The topological polar surface area (TPSA) is 40.5 Å². The number of aromatic hydroxyl groups is 2. The van der Waals surface area contributed by atoms with Gasteiger partial charge in [0.1, 0.15) is 11.5 Å². The Bertz CT molecular complexity index is 661. The number of benzene rings is 2. The van der Waals surface area contributed by atoms with Crippen LogP contribution in [0.15, 0.2) is 48.5 Å². The van der Waals surface area contributed by atoms with Gasteiger partial charge in [-0.25, -0.2) is 0 Å². The lowest BCUT2D eigenvalue weighted by molar-refractivity contribution is 0.474. The van der Waals surface area contributed by atoms with Crippen molar-refractivity contribution in [1.82, 2.24) is 0 Å². The molecule has 122 valence electrons. The monoisotopic (exact) mass is 350 g/mol. The summed E-state index contributed by atoms with van der Waals surface area (Å²) in [5, 5.41) is 19.0. The van der Waals surface area contributed by atoms with Crippen LogP contribution < -0.4 is 0 Å². The second-order valence-corrected chi connectivity index (χ2v) is 7.19. The maximum Gasteiger partial charge on any atom is 0.115 e. The highest BCUT2D eigenvalue weighted by Crippen LogP contribution is 2.53. The van der Waals surface area contributed by atoms with E-state index in [1.807, 2.05) is 52.5 Å². The van der Waals surface area contributed by atoms with Crippen molar-refractivity contribution in [2.24, 2.45) is 0 Å². The summed E-state index contributed by atoms with van der Waals surface area (Å²) in [5.74, 6) is 1.77. The lowest BCUT2D eigenvalue weighted by Crippen LogP contribution is -2.32. The second-order valence-electron chi connectivity index (χ2n) is 7.19. The Labute approximate surface area is 176 Å². The van der Waals surface area contributed by atoms with Crippen molar-refractivity contribution in [3.05, 3.63) is 59.7 Å². The van der Waals surface area contributed by atoms with Gasteiger partial charge in [0, 0.05) is 64.2 Å². The van der Waals surface area contributed by atoms with Crippen LogP contribution in [0.25, 0.3) is 0 Å². The SMILES string of the molecule is [B][B][B][B][B][B][B][B][B]B1C(Cc2ccc(O)cc2)C1Cc1ccc(O)cc1. The minimum Gasteiger partial charge on any atom is -0.508 e. The van der Waals surface area contributed by atoms with Crippen LogP contribution in [0, 0.1) is 0 Å². The second kappa shape index (κ2) is 11.0. The standard InChI is InChI=1S/C16H16B10O2/c17-18-19-20-21-22-23-24-25-26-15(9-11-1-5-13(27)6-2-11)16(26)10-12-3-7-14(28)8-4-12/h1-8,15-16,27-28H,9-10H2. The van der Waals surface area contributed by atoms with Crippen molar-refractivity contribution in [2.45, 2.75) is 24.5 Å². The number of phenolic OH excluding ortho intramolecular Hbond substituents is 2. The number of hydrogen-bond donors (Lipinski definition) is 2. The molecule has 1 fully saturated rings. The summed E-state index contributed by atoms with van der Waals surface area (Å²) in [6.07, 6.45) is 2.01. The van der Waals surface area contributed by atoms with Gasteiger partial charge in [-0.15, -0.1) is 0 Å². The predicted molar refractivity (Wildman–Crippen MR) is 129 cm³/mol. The van der Waals surface area contributed by atoms with Crippen molar-refractivity contribution in [1.29, 1.82) is 0 Å². The van der Waals surface area contributed by atoms with Crippen LogP contribution in [0.1, 0.15) is 11.1 Å². The van der Waals surface area contributed by atoms with Gasteiger partial charge in [-0.2, -0.15) is 0 Å². The van der Waals surface area contributed by atoms with Gasteiger partial charge in [0.2, 0.25) is 0 Å². The average Bonchev–Trinajstić information content (AvgIpc) is 3.34. The molecule has 1 aliphatic rings. The normalized spacial score (nSPS) is 17.2. The highest BCUT2D eigenvalue weighted by atomic mass is 16.3. The minimum absolute atomic E-state index is 0.305. The Hall–Kier alpha value is -1.31. The Balaban J connectivity index is 1.50. The van der Waals surface area contributed by atoms with Crippen LogP contribution in [0.4, 0.5) is 0 Å². The molecule has 2 unspecified atom stereocenters. The molecule has 0 saturated carbocycles. The molecule has 2 aromatic rings. The summed E-state index contributed by atoms with van der Waals surface area (Å²) in [4.78, 5) is 0. The average molecular weight is 348 g/mol. The van der Waals surface area contributed by atoms with Gasteiger partial charge < -0.3 is 10.2 Å². The fraction of sp³-hybridized carbons (Fsp3) is 0.250. The molecule has 2 nitrogen and oxygen atoms in total. The van der Waals surface area contributed by atoms with Crippen molar-refractivity contribution in [3.8, 4) is 11.5 Å². The maximum atomic E-state index is 9.49. The van der Waals surface area contributed by atoms with E-state index in [0.717, 1.165) is 12.8 Å². The Kier molecular flexibility index (Phi) is 8.43. The summed E-state index contributed by atoms with van der Waals surface area (Å²) in [5.41, 5.74) is 2.50. The quantitative estimate of drug-likeness (QED) is 0.410.